The van der Waals surface area contributed by atoms with Crippen LogP contribution in [0.15, 0.2) is 27.6 Å². The number of aryl methyl sites for hydroxylation is 1. The first-order valence-corrected chi connectivity index (χ1v) is 8.99. The summed E-state index contributed by atoms with van der Waals surface area (Å²) in [6.45, 7) is 1.78. The fourth-order valence-electron chi connectivity index (χ4n) is 2.70. The van der Waals surface area contributed by atoms with Gasteiger partial charge in [-0.15, -0.1) is 0 Å². The van der Waals surface area contributed by atoms with Crippen molar-refractivity contribution in [2.24, 2.45) is 0 Å². The first kappa shape index (κ1) is 15.9. The molecule has 1 aliphatic rings. The Bertz CT molecular complexity index is 588. The number of halogens is 1. The van der Waals surface area contributed by atoms with E-state index in [4.69, 9.17) is 0 Å². The summed E-state index contributed by atoms with van der Waals surface area (Å²) in [4.78, 5) is 0.298. The van der Waals surface area contributed by atoms with Gasteiger partial charge in [-0.2, -0.15) is 4.31 Å². The molecule has 0 saturated heterocycles. The second-order valence-electron chi connectivity index (χ2n) is 5.35. The second kappa shape index (κ2) is 6.13. The Morgan fingerprint density at radius 1 is 1.30 bits per heavy atom. The third kappa shape index (κ3) is 3.08. The van der Waals surface area contributed by atoms with Gasteiger partial charge < -0.3 is 5.11 Å². The molecule has 2 unspecified atom stereocenters. The monoisotopic (exact) mass is 361 g/mol. The lowest BCUT2D eigenvalue weighted by molar-refractivity contribution is 0.0638. The number of aliphatic hydroxyl groups excluding tert-OH is 1. The summed E-state index contributed by atoms with van der Waals surface area (Å²) in [6.07, 6.45) is 2.72. The average molecular weight is 362 g/mol. The van der Waals surface area contributed by atoms with Crippen LogP contribution in [-0.2, 0) is 10.0 Å². The maximum atomic E-state index is 12.7. The van der Waals surface area contributed by atoms with Crippen molar-refractivity contribution in [3.05, 3.63) is 28.2 Å². The van der Waals surface area contributed by atoms with Crippen LogP contribution in [0.2, 0.25) is 0 Å². The van der Waals surface area contributed by atoms with Gasteiger partial charge in [-0.3, -0.25) is 0 Å². The van der Waals surface area contributed by atoms with E-state index in [0.29, 0.717) is 23.3 Å². The van der Waals surface area contributed by atoms with E-state index in [2.05, 4.69) is 15.9 Å². The molecule has 112 valence electrons. The largest absolute Gasteiger partial charge is 0.391 e. The quantitative estimate of drug-likeness (QED) is 0.900. The number of hydrogen-bond acceptors (Lipinski definition) is 3. The highest BCUT2D eigenvalue weighted by atomic mass is 79.9. The normalized spacial score (nSPS) is 24.1. The highest BCUT2D eigenvalue weighted by Crippen LogP contribution is 2.29. The van der Waals surface area contributed by atoms with E-state index in [0.717, 1.165) is 17.3 Å². The standard InChI is InChI=1S/C14H20BrNO3S/c1-10-7-8-11(15)9-14(10)20(18,19)16(2)12-5-3-4-6-13(12)17/h7-9,12-13,17H,3-6H2,1-2H3. The van der Waals surface area contributed by atoms with E-state index < -0.39 is 16.1 Å². The van der Waals surface area contributed by atoms with Gasteiger partial charge in [-0.25, -0.2) is 8.42 Å². The molecule has 1 aliphatic carbocycles. The Hall–Kier alpha value is -0.430. The molecule has 1 fully saturated rings. The highest BCUT2D eigenvalue weighted by molar-refractivity contribution is 9.10. The van der Waals surface area contributed by atoms with E-state index in [1.807, 2.05) is 6.07 Å². The third-order valence-corrected chi connectivity index (χ3v) is 6.49. The van der Waals surface area contributed by atoms with Crippen LogP contribution in [0.5, 0.6) is 0 Å². The molecule has 0 amide bonds. The van der Waals surface area contributed by atoms with Crippen LogP contribution in [0.4, 0.5) is 0 Å². The second-order valence-corrected chi connectivity index (χ2v) is 8.23. The number of rotatable bonds is 3. The van der Waals surface area contributed by atoms with Crippen LogP contribution >= 0.6 is 15.9 Å². The van der Waals surface area contributed by atoms with Crippen LogP contribution in [0.25, 0.3) is 0 Å². The molecule has 0 radical (unpaired) electrons. The van der Waals surface area contributed by atoms with Gasteiger partial charge >= 0.3 is 0 Å². The predicted octanol–water partition coefficient (Wildman–Crippen LogP) is 2.68. The van der Waals surface area contributed by atoms with Crippen LogP contribution in [-0.4, -0.2) is 37.0 Å². The van der Waals surface area contributed by atoms with Crippen molar-refractivity contribution in [3.8, 4) is 0 Å². The Kier molecular flexibility index (Phi) is 4.89. The van der Waals surface area contributed by atoms with Gasteiger partial charge in [0.1, 0.15) is 0 Å². The summed E-state index contributed by atoms with van der Waals surface area (Å²) in [6, 6.07) is 4.90. The average Bonchev–Trinajstić information content (AvgIpc) is 2.41. The summed E-state index contributed by atoms with van der Waals surface area (Å²) in [5, 5.41) is 10.1. The third-order valence-electron chi connectivity index (χ3n) is 3.97. The lowest BCUT2D eigenvalue weighted by Gasteiger charge is -2.34. The maximum absolute atomic E-state index is 12.7. The van der Waals surface area contributed by atoms with Gasteiger partial charge in [0.15, 0.2) is 0 Å². The smallest absolute Gasteiger partial charge is 0.243 e. The minimum atomic E-state index is -3.58. The molecule has 1 saturated carbocycles. The van der Waals surface area contributed by atoms with Gasteiger partial charge in [0.2, 0.25) is 10.0 Å². The number of sulfonamides is 1. The van der Waals surface area contributed by atoms with E-state index >= 15 is 0 Å². The highest BCUT2D eigenvalue weighted by Gasteiger charge is 2.34. The number of benzene rings is 1. The molecule has 0 aliphatic heterocycles. The van der Waals surface area contributed by atoms with E-state index in [1.165, 1.54) is 4.31 Å². The minimum absolute atomic E-state index is 0.298. The molecule has 4 nitrogen and oxygen atoms in total. The Morgan fingerprint density at radius 2 is 1.95 bits per heavy atom. The SMILES string of the molecule is Cc1ccc(Br)cc1S(=O)(=O)N(C)C1CCCCC1O. The lowest BCUT2D eigenvalue weighted by Crippen LogP contribution is -2.46. The number of hydrogen-bond donors (Lipinski definition) is 1. The summed E-state index contributed by atoms with van der Waals surface area (Å²) in [5.41, 5.74) is 0.713. The van der Waals surface area contributed by atoms with Crippen molar-refractivity contribution in [1.82, 2.24) is 4.31 Å². The lowest BCUT2D eigenvalue weighted by atomic mass is 9.93. The molecule has 0 bridgehead atoms. The Morgan fingerprint density at radius 3 is 2.60 bits per heavy atom. The number of nitrogens with zero attached hydrogens (tertiary/aromatic N) is 1. The minimum Gasteiger partial charge on any atom is -0.391 e. The summed E-state index contributed by atoms with van der Waals surface area (Å²) in [5.74, 6) is 0. The van der Waals surface area contributed by atoms with Crippen LogP contribution < -0.4 is 0 Å². The Balaban J connectivity index is 2.36. The van der Waals surface area contributed by atoms with Crippen molar-refractivity contribution in [2.75, 3.05) is 7.05 Å². The summed E-state index contributed by atoms with van der Waals surface area (Å²) >= 11 is 3.31. The molecular weight excluding hydrogens is 342 g/mol. The van der Waals surface area contributed by atoms with E-state index in [9.17, 15) is 13.5 Å². The molecule has 0 heterocycles. The molecular formula is C14H20BrNO3S. The fraction of sp³-hybridized carbons (Fsp3) is 0.571. The van der Waals surface area contributed by atoms with Gasteiger partial charge in [0.25, 0.3) is 0 Å². The zero-order valence-electron chi connectivity index (χ0n) is 11.7. The summed E-state index contributed by atoms with van der Waals surface area (Å²) in [7, 11) is -2.02. The Labute approximate surface area is 129 Å². The van der Waals surface area contributed by atoms with Gasteiger partial charge in [0.05, 0.1) is 17.0 Å². The zero-order chi connectivity index (χ0) is 14.9. The molecule has 0 spiro atoms. The molecule has 1 N–H and O–H groups in total. The molecule has 1 aromatic carbocycles. The van der Waals surface area contributed by atoms with Gasteiger partial charge in [-0.05, 0) is 37.5 Å². The van der Waals surface area contributed by atoms with Crippen molar-refractivity contribution in [1.29, 1.82) is 0 Å². The first-order valence-electron chi connectivity index (χ1n) is 6.76. The van der Waals surface area contributed by atoms with Crippen molar-refractivity contribution in [2.45, 2.75) is 49.6 Å². The van der Waals surface area contributed by atoms with Crippen LogP contribution in [0, 0.1) is 6.92 Å². The van der Waals surface area contributed by atoms with Crippen molar-refractivity contribution < 1.29 is 13.5 Å². The first-order chi connectivity index (χ1) is 9.34. The maximum Gasteiger partial charge on any atom is 0.243 e. The predicted molar refractivity (Wildman–Crippen MR) is 82.1 cm³/mol. The fourth-order valence-corrected chi connectivity index (χ4v) is 4.88. The van der Waals surface area contributed by atoms with Gasteiger partial charge in [-0.1, -0.05) is 34.8 Å². The van der Waals surface area contributed by atoms with Crippen LogP contribution in [0.1, 0.15) is 31.2 Å². The molecule has 2 rings (SSSR count). The number of likely N-dealkylation sites (N-methyl/N-ethyl adjacent to an activating group) is 1. The molecule has 1 aromatic rings. The van der Waals surface area contributed by atoms with Gasteiger partial charge in [0, 0.05) is 11.5 Å². The molecule has 0 aromatic heterocycles. The topological polar surface area (TPSA) is 57.6 Å². The molecule has 6 heteroatoms. The molecule has 2 atom stereocenters. The van der Waals surface area contributed by atoms with Crippen molar-refractivity contribution in [3.63, 3.8) is 0 Å². The zero-order valence-corrected chi connectivity index (χ0v) is 14.1. The van der Waals surface area contributed by atoms with E-state index in [-0.39, 0.29) is 6.04 Å². The number of aliphatic hydroxyl groups is 1. The van der Waals surface area contributed by atoms with Crippen LogP contribution in [0.3, 0.4) is 0 Å². The van der Waals surface area contributed by atoms with Crippen molar-refractivity contribution >= 4 is 26.0 Å². The van der Waals surface area contributed by atoms with E-state index in [1.54, 1.807) is 26.1 Å². The molecule has 20 heavy (non-hydrogen) atoms. The summed E-state index contributed by atoms with van der Waals surface area (Å²) < 4.78 is 27.6.